The van der Waals surface area contributed by atoms with Gasteiger partial charge in [-0.1, -0.05) is 0 Å². The van der Waals surface area contributed by atoms with E-state index in [1.54, 1.807) is 6.26 Å². The number of nitrogens with one attached hydrogen (secondary N) is 1. The number of nitrogens with two attached hydrogens (primary N) is 1. The molecule has 1 aliphatic rings. The topological polar surface area (TPSA) is 67.8 Å². The Bertz CT molecular complexity index is 484. The van der Waals surface area contributed by atoms with E-state index in [2.05, 4.69) is 9.97 Å². The van der Waals surface area contributed by atoms with Crippen LogP contribution in [0.3, 0.4) is 0 Å². The van der Waals surface area contributed by atoms with E-state index in [1.807, 2.05) is 6.07 Å². The second-order valence-corrected chi connectivity index (χ2v) is 3.81. The van der Waals surface area contributed by atoms with Gasteiger partial charge in [-0.25, -0.2) is 4.98 Å². The van der Waals surface area contributed by atoms with Gasteiger partial charge in [-0.15, -0.1) is 0 Å². The van der Waals surface area contributed by atoms with E-state index >= 15 is 0 Å². The molecular formula is C11H13N3O. The SMILES string of the molecule is NCCc1nc2c([nH]1)CCc1occc1-2. The summed E-state index contributed by atoms with van der Waals surface area (Å²) in [6, 6.07) is 1.99. The van der Waals surface area contributed by atoms with E-state index in [9.17, 15) is 0 Å². The first kappa shape index (κ1) is 8.73. The third-order valence-electron chi connectivity index (χ3n) is 2.81. The number of hydrogen-bond donors (Lipinski definition) is 2. The second-order valence-electron chi connectivity index (χ2n) is 3.81. The summed E-state index contributed by atoms with van der Waals surface area (Å²) in [6.07, 6.45) is 4.48. The molecule has 2 aromatic heterocycles. The van der Waals surface area contributed by atoms with Gasteiger partial charge >= 0.3 is 0 Å². The summed E-state index contributed by atoms with van der Waals surface area (Å²) in [6.45, 7) is 0.630. The number of aryl methyl sites for hydroxylation is 2. The van der Waals surface area contributed by atoms with Crippen molar-refractivity contribution in [2.75, 3.05) is 6.54 Å². The molecule has 0 aliphatic heterocycles. The van der Waals surface area contributed by atoms with E-state index in [0.717, 1.165) is 42.1 Å². The number of nitrogens with zero attached hydrogens (tertiary/aromatic N) is 1. The average molecular weight is 203 g/mol. The molecule has 4 nitrogen and oxygen atoms in total. The Balaban J connectivity index is 2.08. The Labute approximate surface area is 87.5 Å². The molecule has 3 rings (SSSR count). The fourth-order valence-corrected chi connectivity index (χ4v) is 2.11. The molecule has 0 atom stereocenters. The molecule has 78 valence electrons. The molecule has 0 spiro atoms. The van der Waals surface area contributed by atoms with Crippen molar-refractivity contribution >= 4 is 0 Å². The van der Waals surface area contributed by atoms with E-state index in [4.69, 9.17) is 10.2 Å². The van der Waals surface area contributed by atoms with Crippen LogP contribution < -0.4 is 5.73 Å². The number of hydrogen-bond acceptors (Lipinski definition) is 3. The van der Waals surface area contributed by atoms with Gasteiger partial charge in [0.15, 0.2) is 0 Å². The minimum absolute atomic E-state index is 0.630. The molecule has 0 amide bonds. The van der Waals surface area contributed by atoms with Crippen molar-refractivity contribution in [3.05, 3.63) is 29.6 Å². The minimum atomic E-state index is 0.630. The van der Waals surface area contributed by atoms with Crippen LogP contribution in [0.2, 0.25) is 0 Å². The number of imidazole rings is 1. The van der Waals surface area contributed by atoms with Gasteiger partial charge in [-0.05, 0) is 19.0 Å². The molecule has 3 N–H and O–H groups in total. The van der Waals surface area contributed by atoms with Crippen molar-refractivity contribution in [2.24, 2.45) is 5.73 Å². The van der Waals surface area contributed by atoms with E-state index in [1.165, 1.54) is 5.69 Å². The van der Waals surface area contributed by atoms with Gasteiger partial charge in [0.25, 0.3) is 0 Å². The third kappa shape index (κ3) is 1.29. The average Bonchev–Trinajstić information content (AvgIpc) is 2.80. The molecule has 4 heteroatoms. The van der Waals surface area contributed by atoms with Crippen LogP contribution in [-0.2, 0) is 19.3 Å². The summed E-state index contributed by atoms with van der Waals surface area (Å²) < 4.78 is 5.40. The van der Waals surface area contributed by atoms with E-state index < -0.39 is 0 Å². The number of fused-ring (bicyclic) bond motifs is 3. The minimum Gasteiger partial charge on any atom is -0.469 e. The molecule has 1 aliphatic carbocycles. The number of furan rings is 1. The Kier molecular flexibility index (Phi) is 1.89. The quantitative estimate of drug-likeness (QED) is 0.772. The Hall–Kier alpha value is -1.55. The van der Waals surface area contributed by atoms with Crippen LogP contribution in [0.4, 0.5) is 0 Å². The largest absolute Gasteiger partial charge is 0.469 e. The number of rotatable bonds is 2. The molecule has 2 aromatic rings. The molecule has 0 fully saturated rings. The van der Waals surface area contributed by atoms with E-state index in [-0.39, 0.29) is 0 Å². The maximum Gasteiger partial charge on any atom is 0.113 e. The van der Waals surface area contributed by atoms with Gasteiger partial charge < -0.3 is 15.1 Å². The van der Waals surface area contributed by atoms with Crippen molar-refractivity contribution in [1.82, 2.24) is 9.97 Å². The highest BCUT2D eigenvalue weighted by atomic mass is 16.3. The molecule has 0 bridgehead atoms. The molecule has 0 aromatic carbocycles. The van der Waals surface area contributed by atoms with Crippen LogP contribution in [0, 0.1) is 0 Å². The van der Waals surface area contributed by atoms with Crippen LogP contribution in [0.15, 0.2) is 16.7 Å². The van der Waals surface area contributed by atoms with Crippen LogP contribution >= 0.6 is 0 Å². The lowest BCUT2D eigenvalue weighted by atomic mass is 10.00. The van der Waals surface area contributed by atoms with Crippen molar-refractivity contribution in [3.63, 3.8) is 0 Å². The maximum absolute atomic E-state index is 5.51. The van der Waals surface area contributed by atoms with Gasteiger partial charge in [0, 0.05) is 24.1 Å². The number of aromatic nitrogens is 2. The lowest BCUT2D eigenvalue weighted by Gasteiger charge is -2.08. The van der Waals surface area contributed by atoms with Gasteiger partial charge in [-0.3, -0.25) is 0 Å². The highest BCUT2D eigenvalue weighted by molar-refractivity contribution is 5.66. The Morgan fingerprint density at radius 2 is 2.40 bits per heavy atom. The summed E-state index contributed by atoms with van der Waals surface area (Å²) in [7, 11) is 0. The smallest absolute Gasteiger partial charge is 0.113 e. The van der Waals surface area contributed by atoms with Crippen LogP contribution in [0.25, 0.3) is 11.3 Å². The van der Waals surface area contributed by atoms with Crippen molar-refractivity contribution < 1.29 is 4.42 Å². The summed E-state index contributed by atoms with van der Waals surface area (Å²) >= 11 is 0. The van der Waals surface area contributed by atoms with Crippen LogP contribution in [-0.4, -0.2) is 16.5 Å². The predicted molar refractivity (Wildman–Crippen MR) is 56.5 cm³/mol. The van der Waals surface area contributed by atoms with Gasteiger partial charge in [-0.2, -0.15) is 0 Å². The standard InChI is InChI=1S/C11H13N3O/c12-5-3-10-13-8-1-2-9-7(4-6-15-9)11(8)14-10/h4,6H,1-3,5,12H2,(H,13,14). The molecule has 0 radical (unpaired) electrons. The highest BCUT2D eigenvalue weighted by Gasteiger charge is 2.22. The van der Waals surface area contributed by atoms with Crippen LogP contribution in [0.5, 0.6) is 0 Å². The summed E-state index contributed by atoms with van der Waals surface area (Å²) in [5, 5.41) is 0. The Morgan fingerprint density at radius 3 is 3.27 bits per heavy atom. The van der Waals surface area contributed by atoms with Crippen molar-refractivity contribution in [3.8, 4) is 11.3 Å². The zero-order valence-electron chi connectivity index (χ0n) is 8.42. The maximum atomic E-state index is 5.51. The normalized spacial score (nSPS) is 13.7. The molecule has 15 heavy (non-hydrogen) atoms. The first-order valence-corrected chi connectivity index (χ1v) is 5.23. The monoisotopic (exact) mass is 203 g/mol. The first-order chi connectivity index (χ1) is 7.38. The second kappa shape index (κ2) is 3.24. The Morgan fingerprint density at radius 1 is 1.47 bits per heavy atom. The molecular weight excluding hydrogens is 190 g/mol. The molecule has 0 unspecified atom stereocenters. The number of aromatic amines is 1. The summed E-state index contributed by atoms with van der Waals surface area (Å²) in [5.74, 6) is 2.03. The fraction of sp³-hybridized carbons (Fsp3) is 0.364. The fourth-order valence-electron chi connectivity index (χ4n) is 2.11. The van der Waals surface area contributed by atoms with Crippen molar-refractivity contribution in [2.45, 2.75) is 19.3 Å². The van der Waals surface area contributed by atoms with Crippen molar-refractivity contribution in [1.29, 1.82) is 0 Å². The third-order valence-corrected chi connectivity index (χ3v) is 2.81. The zero-order valence-corrected chi connectivity index (χ0v) is 8.42. The lowest BCUT2D eigenvalue weighted by molar-refractivity contribution is 0.506. The lowest BCUT2D eigenvalue weighted by Crippen LogP contribution is -2.04. The zero-order chi connectivity index (χ0) is 10.3. The number of H-pyrrole nitrogens is 1. The summed E-state index contributed by atoms with van der Waals surface area (Å²) in [4.78, 5) is 7.89. The first-order valence-electron chi connectivity index (χ1n) is 5.23. The molecule has 0 saturated carbocycles. The molecule has 0 saturated heterocycles. The summed E-state index contributed by atoms with van der Waals surface area (Å²) in [5.41, 5.74) is 8.91. The van der Waals surface area contributed by atoms with Gasteiger partial charge in [0.2, 0.25) is 0 Å². The molecule has 2 heterocycles. The van der Waals surface area contributed by atoms with Gasteiger partial charge in [0.05, 0.1) is 12.0 Å². The van der Waals surface area contributed by atoms with Crippen LogP contribution in [0.1, 0.15) is 17.3 Å². The highest BCUT2D eigenvalue weighted by Crippen LogP contribution is 2.32. The van der Waals surface area contributed by atoms with E-state index in [0.29, 0.717) is 6.54 Å². The predicted octanol–water partition coefficient (Wildman–Crippen LogP) is 1.27. The van der Waals surface area contributed by atoms with Gasteiger partial charge in [0.1, 0.15) is 11.6 Å².